The number of nitrogens with one attached hydrogen (secondary N) is 1. The molecule has 0 saturated heterocycles. The molecular formula is C10H10BrN3S. The summed E-state index contributed by atoms with van der Waals surface area (Å²) >= 11 is 5.00. The summed E-state index contributed by atoms with van der Waals surface area (Å²) in [5.41, 5.74) is 1.99. The number of halogens is 1. The molecule has 0 fully saturated rings. The predicted molar refractivity (Wildman–Crippen MR) is 66.8 cm³/mol. The molecule has 2 aromatic rings. The Bertz CT molecular complexity index is 481. The molecule has 0 aliphatic rings. The molecule has 0 atom stereocenters. The number of nitrogens with zero attached hydrogens (tertiary/aromatic N) is 2. The number of rotatable bonds is 2. The van der Waals surface area contributed by atoms with Crippen molar-refractivity contribution in [2.24, 2.45) is 0 Å². The first-order valence-corrected chi connectivity index (χ1v) is 6.15. The van der Waals surface area contributed by atoms with Crippen molar-refractivity contribution in [3.8, 4) is 0 Å². The minimum atomic E-state index is 0.824. The zero-order chi connectivity index (χ0) is 10.8. The van der Waals surface area contributed by atoms with Crippen LogP contribution < -0.4 is 5.32 Å². The number of pyridine rings is 1. The molecule has 0 saturated carbocycles. The van der Waals surface area contributed by atoms with E-state index in [-0.39, 0.29) is 0 Å². The SMILES string of the molecule is Cc1csc(Nc2ccc(Br)c(C)n2)n1. The van der Waals surface area contributed by atoms with Crippen LogP contribution in [0, 0.1) is 13.8 Å². The van der Waals surface area contributed by atoms with Gasteiger partial charge in [0.05, 0.1) is 11.4 Å². The molecule has 0 bridgehead atoms. The fourth-order valence-corrected chi connectivity index (χ4v) is 2.05. The molecule has 0 amide bonds. The Hall–Kier alpha value is -0.940. The van der Waals surface area contributed by atoms with E-state index < -0.39 is 0 Å². The molecule has 2 heterocycles. The maximum atomic E-state index is 4.39. The summed E-state index contributed by atoms with van der Waals surface area (Å²) in [6.07, 6.45) is 0. The first kappa shape index (κ1) is 10.6. The minimum Gasteiger partial charge on any atom is -0.316 e. The Kier molecular flexibility index (Phi) is 3.02. The summed E-state index contributed by atoms with van der Waals surface area (Å²) in [5.74, 6) is 0.824. The van der Waals surface area contributed by atoms with E-state index in [1.807, 2.05) is 31.4 Å². The monoisotopic (exact) mass is 283 g/mol. The van der Waals surface area contributed by atoms with Crippen molar-refractivity contribution in [2.45, 2.75) is 13.8 Å². The molecule has 0 aliphatic heterocycles. The highest BCUT2D eigenvalue weighted by molar-refractivity contribution is 9.10. The van der Waals surface area contributed by atoms with Crippen LogP contribution in [0.15, 0.2) is 22.0 Å². The molecule has 0 aromatic carbocycles. The first-order chi connectivity index (χ1) is 7.15. The Balaban J connectivity index is 2.21. The van der Waals surface area contributed by atoms with Crippen molar-refractivity contribution in [1.29, 1.82) is 0 Å². The maximum Gasteiger partial charge on any atom is 0.188 e. The van der Waals surface area contributed by atoms with E-state index in [1.165, 1.54) is 0 Å². The van der Waals surface area contributed by atoms with E-state index in [9.17, 15) is 0 Å². The second-order valence-electron chi connectivity index (χ2n) is 3.18. The Morgan fingerprint density at radius 1 is 1.27 bits per heavy atom. The zero-order valence-electron chi connectivity index (χ0n) is 8.41. The number of thiazole rings is 1. The van der Waals surface area contributed by atoms with Gasteiger partial charge in [0.15, 0.2) is 5.13 Å². The van der Waals surface area contributed by atoms with Crippen molar-refractivity contribution in [2.75, 3.05) is 5.32 Å². The lowest BCUT2D eigenvalue weighted by atomic mass is 10.4. The van der Waals surface area contributed by atoms with Gasteiger partial charge in [0.1, 0.15) is 5.82 Å². The van der Waals surface area contributed by atoms with Gasteiger partial charge >= 0.3 is 0 Å². The van der Waals surface area contributed by atoms with E-state index >= 15 is 0 Å². The van der Waals surface area contributed by atoms with Gasteiger partial charge in [-0.25, -0.2) is 9.97 Å². The summed E-state index contributed by atoms with van der Waals surface area (Å²) in [6, 6.07) is 3.90. The molecule has 0 unspecified atom stereocenters. The highest BCUT2D eigenvalue weighted by atomic mass is 79.9. The van der Waals surface area contributed by atoms with Crippen LogP contribution in [-0.4, -0.2) is 9.97 Å². The van der Waals surface area contributed by atoms with E-state index in [0.29, 0.717) is 0 Å². The molecule has 15 heavy (non-hydrogen) atoms. The van der Waals surface area contributed by atoms with Gasteiger partial charge in [-0.15, -0.1) is 11.3 Å². The number of hydrogen-bond acceptors (Lipinski definition) is 4. The third-order valence-electron chi connectivity index (χ3n) is 1.88. The number of anilines is 2. The van der Waals surface area contributed by atoms with Gasteiger partial charge in [-0.3, -0.25) is 0 Å². The molecule has 0 spiro atoms. The molecule has 2 rings (SSSR count). The van der Waals surface area contributed by atoms with Crippen molar-refractivity contribution in [3.05, 3.63) is 33.4 Å². The van der Waals surface area contributed by atoms with Crippen LogP contribution in [0.5, 0.6) is 0 Å². The van der Waals surface area contributed by atoms with E-state index in [4.69, 9.17) is 0 Å². The summed E-state index contributed by atoms with van der Waals surface area (Å²) in [4.78, 5) is 8.70. The predicted octanol–water partition coefficient (Wildman–Crippen LogP) is 3.66. The standard InChI is InChI=1S/C10H10BrN3S/c1-6-5-15-10(12-6)14-9-4-3-8(11)7(2)13-9/h3-5H,1-2H3,(H,12,13,14). The highest BCUT2D eigenvalue weighted by Crippen LogP contribution is 2.21. The van der Waals surface area contributed by atoms with Crippen molar-refractivity contribution in [3.63, 3.8) is 0 Å². The summed E-state index contributed by atoms with van der Waals surface area (Å²) in [5, 5.41) is 6.05. The van der Waals surface area contributed by atoms with Gasteiger partial charge in [0.2, 0.25) is 0 Å². The molecule has 78 valence electrons. The van der Waals surface area contributed by atoms with Crippen LogP contribution in [0.4, 0.5) is 10.9 Å². The molecule has 3 nitrogen and oxygen atoms in total. The fraction of sp³-hybridized carbons (Fsp3) is 0.200. The fourth-order valence-electron chi connectivity index (χ4n) is 1.13. The number of aromatic nitrogens is 2. The van der Waals surface area contributed by atoms with Crippen LogP contribution in [0.25, 0.3) is 0 Å². The molecular weight excluding hydrogens is 274 g/mol. The van der Waals surface area contributed by atoms with Crippen LogP contribution >= 0.6 is 27.3 Å². The topological polar surface area (TPSA) is 37.8 Å². The number of aryl methyl sites for hydroxylation is 2. The van der Waals surface area contributed by atoms with Crippen molar-refractivity contribution < 1.29 is 0 Å². The first-order valence-electron chi connectivity index (χ1n) is 4.47. The van der Waals surface area contributed by atoms with Gasteiger partial charge in [0, 0.05) is 9.85 Å². The number of hydrogen-bond donors (Lipinski definition) is 1. The van der Waals surface area contributed by atoms with Gasteiger partial charge in [-0.1, -0.05) is 0 Å². The van der Waals surface area contributed by atoms with Crippen LogP contribution in [0.2, 0.25) is 0 Å². The Morgan fingerprint density at radius 2 is 2.07 bits per heavy atom. The van der Waals surface area contributed by atoms with Gasteiger partial charge in [-0.05, 0) is 41.9 Å². The van der Waals surface area contributed by atoms with Crippen LogP contribution in [-0.2, 0) is 0 Å². The second-order valence-corrected chi connectivity index (χ2v) is 4.90. The normalized spacial score (nSPS) is 10.3. The average molecular weight is 284 g/mol. The lowest BCUT2D eigenvalue weighted by molar-refractivity contribution is 1.17. The lowest BCUT2D eigenvalue weighted by Crippen LogP contribution is -1.94. The third-order valence-corrected chi connectivity index (χ3v) is 3.59. The summed E-state index contributed by atoms with van der Waals surface area (Å²) in [6.45, 7) is 3.93. The van der Waals surface area contributed by atoms with Crippen molar-refractivity contribution >= 4 is 38.2 Å². The molecule has 2 aromatic heterocycles. The summed E-state index contributed by atoms with van der Waals surface area (Å²) < 4.78 is 1.02. The largest absolute Gasteiger partial charge is 0.316 e. The molecule has 5 heteroatoms. The Labute approximate surface area is 101 Å². The molecule has 0 radical (unpaired) electrons. The third kappa shape index (κ3) is 2.54. The average Bonchev–Trinajstić information content (AvgIpc) is 2.58. The van der Waals surface area contributed by atoms with Crippen LogP contribution in [0.1, 0.15) is 11.4 Å². The van der Waals surface area contributed by atoms with Crippen LogP contribution in [0.3, 0.4) is 0 Å². The quantitative estimate of drug-likeness (QED) is 0.914. The van der Waals surface area contributed by atoms with Crippen molar-refractivity contribution in [1.82, 2.24) is 9.97 Å². The minimum absolute atomic E-state index is 0.824. The summed E-state index contributed by atoms with van der Waals surface area (Å²) in [7, 11) is 0. The molecule has 1 N–H and O–H groups in total. The Morgan fingerprint density at radius 3 is 2.67 bits per heavy atom. The smallest absolute Gasteiger partial charge is 0.188 e. The van der Waals surface area contributed by atoms with Gasteiger partial charge < -0.3 is 5.32 Å². The van der Waals surface area contributed by atoms with Gasteiger partial charge in [-0.2, -0.15) is 0 Å². The zero-order valence-corrected chi connectivity index (χ0v) is 10.8. The van der Waals surface area contributed by atoms with E-state index in [0.717, 1.165) is 26.8 Å². The maximum absolute atomic E-state index is 4.39. The van der Waals surface area contributed by atoms with E-state index in [1.54, 1.807) is 11.3 Å². The second kappa shape index (κ2) is 4.28. The highest BCUT2D eigenvalue weighted by Gasteiger charge is 2.02. The lowest BCUT2D eigenvalue weighted by Gasteiger charge is -2.03. The molecule has 0 aliphatic carbocycles. The van der Waals surface area contributed by atoms with Gasteiger partial charge in [0.25, 0.3) is 0 Å². The van der Waals surface area contributed by atoms with E-state index in [2.05, 4.69) is 31.2 Å².